The summed E-state index contributed by atoms with van der Waals surface area (Å²) >= 11 is 17.9. The van der Waals surface area contributed by atoms with Crippen molar-refractivity contribution in [2.45, 2.75) is 0 Å². The first-order valence-corrected chi connectivity index (χ1v) is 6.16. The highest BCUT2D eigenvalue weighted by atomic mass is 35.5. The monoisotopic (exact) mass is 299 g/mol. The number of fused-ring (bicyclic) bond motifs is 1. The number of hydrogen-bond donors (Lipinski definition) is 1. The molecule has 2 N–H and O–H groups in total. The van der Waals surface area contributed by atoms with Crippen molar-refractivity contribution in [1.29, 1.82) is 0 Å². The van der Waals surface area contributed by atoms with Crippen LogP contribution < -0.4 is 4.98 Å². The highest BCUT2D eigenvalue weighted by Crippen LogP contribution is 2.32. The highest BCUT2D eigenvalue weighted by Gasteiger charge is 2.18. The van der Waals surface area contributed by atoms with Crippen LogP contribution in [0, 0.1) is 0 Å². The van der Waals surface area contributed by atoms with Gasteiger partial charge in [0.25, 0.3) is 5.28 Å². The lowest BCUT2D eigenvalue weighted by Gasteiger charge is -2.03. The quantitative estimate of drug-likeness (QED) is 0.700. The van der Waals surface area contributed by atoms with Crippen LogP contribution in [-0.2, 0) is 0 Å². The second-order valence-corrected chi connectivity index (χ2v) is 4.80. The van der Waals surface area contributed by atoms with Gasteiger partial charge in [-0.15, -0.1) is 0 Å². The smallest absolute Gasteiger partial charge is 0.272 e. The average molecular weight is 301 g/mol. The third kappa shape index (κ3) is 1.92. The molecule has 2 aromatic heterocycles. The van der Waals surface area contributed by atoms with E-state index >= 15 is 0 Å². The molecule has 0 unspecified atom stereocenters. The van der Waals surface area contributed by atoms with Gasteiger partial charge in [-0.05, 0) is 29.8 Å². The van der Waals surface area contributed by atoms with E-state index in [1.807, 2.05) is 0 Å². The first-order valence-electron chi connectivity index (χ1n) is 5.03. The van der Waals surface area contributed by atoms with Gasteiger partial charge in [-0.1, -0.05) is 28.2 Å². The fourth-order valence-electron chi connectivity index (χ4n) is 1.73. The molecule has 1 aromatic carbocycles. The Hall–Kier alpha value is -1.36. The van der Waals surface area contributed by atoms with Gasteiger partial charge in [0.05, 0.1) is 5.02 Å². The van der Waals surface area contributed by atoms with E-state index in [1.165, 1.54) is 0 Å². The van der Waals surface area contributed by atoms with Gasteiger partial charge in [0.15, 0.2) is 11.8 Å². The van der Waals surface area contributed by atoms with E-state index in [4.69, 9.17) is 34.8 Å². The minimum atomic E-state index is 0.152. The minimum Gasteiger partial charge on any atom is -0.272 e. The molecule has 0 atom stereocenters. The molecule has 0 saturated carbocycles. The molecule has 18 heavy (non-hydrogen) atoms. The van der Waals surface area contributed by atoms with Crippen LogP contribution in [0.1, 0.15) is 0 Å². The molecule has 0 aliphatic rings. The molecule has 0 spiro atoms. The molecule has 0 aliphatic heterocycles. The molecule has 7 heteroatoms. The summed E-state index contributed by atoms with van der Waals surface area (Å²) in [6, 6.07) is 5.20. The highest BCUT2D eigenvalue weighted by molar-refractivity contribution is 6.36. The number of nitrogens with zero attached hydrogens (tertiary/aromatic N) is 2. The van der Waals surface area contributed by atoms with Crippen LogP contribution >= 0.6 is 34.8 Å². The molecular formula is C11H6Cl3N4+. The van der Waals surface area contributed by atoms with Crippen LogP contribution in [0.25, 0.3) is 22.4 Å². The molecular weight excluding hydrogens is 295 g/mol. The van der Waals surface area contributed by atoms with Crippen molar-refractivity contribution in [3.63, 3.8) is 0 Å². The standard InChI is InChI=1S/C11H5Cl3N4/c12-5-1-2-6(7(13)3-5)8-9-10(16-4-15-9)18-11(14)17-8/h1-4H,(H,15,16,17,18)/p+1. The summed E-state index contributed by atoms with van der Waals surface area (Å²) in [5.41, 5.74) is 2.73. The lowest BCUT2D eigenvalue weighted by Crippen LogP contribution is -1.99. The third-order valence-electron chi connectivity index (χ3n) is 2.49. The fourth-order valence-corrected chi connectivity index (χ4v) is 2.39. The number of benzene rings is 1. The summed E-state index contributed by atoms with van der Waals surface area (Å²) in [6.45, 7) is 0. The van der Waals surface area contributed by atoms with Gasteiger partial charge in [0, 0.05) is 10.6 Å². The Morgan fingerprint density at radius 2 is 1.94 bits per heavy atom. The molecule has 4 nitrogen and oxygen atoms in total. The maximum absolute atomic E-state index is 6.17. The van der Waals surface area contributed by atoms with Crippen LogP contribution in [0.15, 0.2) is 24.5 Å². The molecule has 0 amide bonds. The molecule has 0 fully saturated rings. The number of H-pyrrole nitrogens is 2. The van der Waals surface area contributed by atoms with Gasteiger partial charge in [-0.3, -0.25) is 4.98 Å². The number of aromatic nitrogens is 4. The molecule has 0 radical (unpaired) electrons. The van der Waals surface area contributed by atoms with Gasteiger partial charge in [0.1, 0.15) is 5.69 Å². The van der Waals surface area contributed by atoms with Crippen molar-refractivity contribution in [3.8, 4) is 11.3 Å². The van der Waals surface area contributed by atoms with Gasteiger partial charge < -0.3 is 0 Å². The van der Waals surface area contributed by atoms with Crippen LogP contribution in [-0.4, -0.2) is 15.0 Å². The summed E-state index contributed by atoms with van der Waals surface area (Å²) in [7, 11) is 0. The Labute approximate surface area is 117 Å². The first-order chi connectivity index (χ1) is 8.65. The SMILES string of the molecule is Clc1ccc(-c2nc(Cl)nc3[nH+]c[nH]c23)c(Cl)c1. The predicted molar refractivity (Wildman–Crippen MR) is 70.9 cm³/mol. The average Bonchev–Trinajstić information content (AvgIpc) is 2.76. The van der Waals surface area contributed by atoms with Crippen LogP contribution in [0.5, 0.6) is 0 Å². The molecule has 0 aliphatic carbocycles. The second kappa shape index (κ2) is 4.39. The van der Waals surface area contributed by atoms with Crippen LogP contribution in [0.4, 0.5) is 0 Å². The zero-order chi connectivity index (χ0) is 12.7. The molecule has 3 rings (SSSR count). The maximum atomic E-state index is 6.17. The van der Waals surface area contributed by atoms with Crippen LogP contribution in [0.2, 0.25) is 15.3 Å². The van der Waals surface area contributed by atoms with Gasteiger partial charge in [-0.2, -0.15) is 4.98 Å². The van der Waals surface area contributed by atoms with Gasteiger partial charge >= 0.3 is 5.65 Å². The van der Waals surface area contributed by atoms with E-state index in [2.05, 4.69) is 19.9 Å². The number of imidazole rings is 1. The van der Waals surface area contributed by atoms with E-state index < -0.39 is 0 Å². The topological polar surface area (TPSA) is 55.7 Å². The molecule has 90 valence electrons. The normalized spacial score (nSPS) is 11.1. The van der Waals surface area contributed by atoms with Crippen molar-refractivity contribution >= 4 is 46.0 Å². The van der Waals surface area contributed by atoms with Gasteiger partial charge in [0.2, 0.25) is 0 Å². The summed E-state index contributed by atoms with van der Waals surface area (Å²) in [6.07, 6.45) is 1.66. The predicted octanol–water partition coefficient (Wildman–Crippen LogP) is 3.40. The van der Waals surface area contributed by atoms with E-state index in [1.54, 1.807) is 24.5 Å². The molecule has 3 aromatic rings. The van der Waals surface area contributed by atoms with Crippen molar-refractivity contribution in [2.75, 3.05) is 0 Å². The summed E-state index contributed by atoms with van der Waals surface area (Å²) in [5, 5.41) is 1.23. The molecule has 0 bridgehead atoms. The number of aromatic amines is 2. The second-order valence-electron chi connectivity index (χ2n) is 3.62. The number of halogens is 3. The number of rotatable bonds is 1. The Kier molecular flexibility index (Phi) is 2.86. The van der Waals surface area contributed by atoms with Crippen molar-refractivity contribution in [1.82, 2.24) is 15.0 Å². The zero-order valence-corrected chi connectivity index (χ0v) is 11.1. The fraction of sp³-hybridized carbons (Fsp3) is 0. The van der Waals surface area contributed by atoms with E-state index in [0.29, 0.717) is 21.4 Å². The summed E-state index contributed by atoms with van der Waals surface area (Å²) in [4.78, 5) is 14.2. The molecule has 0 saturated heterocycles. The largest absolute Gasteiger partial charge is 0.305 e. The lowest BCUT2D eigenvalue weighted by atomic mass is 10.1. The number of nitrogens with one attached hydrogen (secondary N) is 2. The van der Waals surface area contributed by atoms with Gasteiger partial charge in [-0.25, -0.2) is 4.98 Å². The third-order valence-corrected chi connectivity index (χ3v) is 3.21. The first kappa shape index (κ1) is 11.7. The summed E-state index contributed by atoms with van der Waals surface area (Å²) < 4.78 is 0. The van der Waals surface area contributed by atoms with E-state index in [0.717, 1.165) is 11.1 Å². The lowest BCUT2D eigenvalue weighted by molar-refractivity contribution is -0.347. The molecule has 2 heterocycles. The van der Waals surface area contributed by atoms with E-state index in [-0.39, 0.29) is 5.28 Å². The minimum absolute atomic E-state index is 0.152. The van der Waals surface area contributed by atoms with Crippen molar-refractivity contribution in [2.24, 2.45) is 0 Å². The zero-order valence-electron chi connectivity index (χ0n) is 8.84. The Morgan fingerprint density at radius 1 is 1.11 bits per heavy atom. The maximum Gasteiger partial charge on any atom is 0.305 e. The van der Waals surface area contributed by atoms with Crippen molar-refractivity contribution in [3.05, 3.63) is 39.9 Å². The van der Waals surface area contributed by atoms with Crippen molar-refractivity contribution < 1.29 is 4.98 Å². The van der Waals surface area contributed by atoms with E-state index in [9.17, 15) is 0 Å². The Bertz CT molecular complexity index is 738. The Balaban J connectivity index is 2.33. The Morgan fingerprint density at radius 3 is 2.72 bits per heavy atom. The van der Waals surface area contributed by atoms with Crippen LogP contribution in [0.3, 0.4) is 0 Å². The number of hydrogen-bond acceptors (Lipinski definition) is 2. The summed E-state index contributed by atoms with van der Waals surface area (Å²) in [5.74, 6) is 0.